The number of allylic oxidation sites excluding steroid dienone is 1. The van der Waals surface area contributed by atoms with E-state index in [0.29, 0.717) is 16.8 Å². The largest absolute Gasteiger partial charge is 0.399 e. The number of carbonyl (C=O) groups excluding carboxylic acids is 1. The molecule has 0 aromatic heterocycles. The first-order valence-corrected chi connectivity index (χ1v) is 7.81. The van der Waals surface area contributed by atoms with Crippen LogP contribution in [-0.4, -0.2) is 11.3 Å². The van der Waals surface area contributed by atoms with Crippen LogP contribution in [0.15, 0.2) is 48.5 Å². The maximum Gasteiger partial charge on any atom is 0.187 e. The van der Waals surface area contributed by atoms with E-state index in [1.54, 1.807) is 30.3 Å². The molecule has 1 aliphatic heterocycles. The number of fused-ring (bicyclic) bond motifs is 1. The molecule has 0 fully saturated rings. The summed E-state index contributed by atoms with van der Waals surface area (Å²) < 4.78 is 0. The highest BCUT2D eigenvalue weighted by atomic mass is 16.1. The van der Waals surface area contributed by atoms with Crippen molar-refractivity contribution in [3.63, 3.8) is 0 Å². The molecule has 4 nitrogen and oxygen atoms in total. The Labute approximate surface area is 141 Å². The summed E-state index contributed by atoms with van der Waals surface area (Å²) in [7, 11) is 0. The zero-order valence-corrected chi connectivity index (χ0v) is 13.8. The minimum atomic E-state index is -0.139. The Morgan fingerprint density at radius 2 is 1.96 bits per heavy atom. The van der Waals surface area contributed by atoms with Crippen LogP contribution in [0.2, 0.25) is 0 Å². The van der Waals surface area contributed by atoms with Crippen LogP contribution in [0.4, 0.5) is 5.69 Å². The average Bonchev–Trinajstić information content (AvgIpc) is 2.55. The van der Waals surface area contributed by atoms with Gasteiger partial charge in [-0.1, -0.05) is 6.07 Å². The van der Waals surface area contributed by atoms with Crippen molar-refractivity contribution in [1.29, 1.82) is 5.26 Å². The highest BCUT2D eigenvalue weighted by Gasteiger charge is 2.28. The molecule has 0 bridgehead atoms. The van der Waals surface area contributed by atoms with Crippen LogP contribution in [0.5, 0.6) is 0 Å². The van der Waals surface area contributed by atoms with Crippen LogP contribution in [0, 0.1) is 11.3 Å². The highest BCUT2D eigenvalue weighted by Crippen LogP contribution is 2.31. The summed E-state index contributed by atoms with van der Waals surface area (Å²) in [5.74, 6) is -0.104. The number of ketones is 1. The van der Waals surface area contributed by atoms with Crippen LogP contribution < -0.4 is 11.1 Å². The molecule has 4 heteroatoms. The number of carbonyl (C=O) groups is 1. The lowest BCUT2D eigenvalue weighted by atomic mass is 9.85. The van der Waals surface area contributed by atoms with Crippen LogP contribution in [0.25, 0.3) is 5.70 Å². The molecule has 2 aromatic rings. The van der Waals surface area contributed by atoms with E-state index in [1.165, 1.54) is 5.56 Å². The van der Waals surface area contributed by atoms with Crippen molar-refractivity contribution in [3.8, 4) is 6.07 Å². The van der Waals surface area contributed by atoms with E-state index in [-0.39, 0.29) is 11.3 Å². The summed E-state index contributed by atoms with van der Waals surface area (Å²) >= 11 is 0. The molecule has 1 aliphatic rings. The molecular formula is C20H19N3O. The van der Waals surface area contributed by atoms with Crippen molar-refractivity contribution in [2.75, 3.05) is 5.73 Å². The molecule has 0 saturated carbocycles. The Kier molecular flexibility index (Phi) is 3.86. The van der Waals surface area contributed by atoms with Crippen molar-refractivity contribution in [2.24, 2.45) is 0 Å². The lowest BCUT2D eigenvalue weighted by Crippen LogP contribution is -2.43. The first kappa shape index (κ1) is 15.8. The van der Waals surface area contributed by atoms with E-state index < -0.39 is 0 Å². The molecule has 120 valence electrons. The van der Waals surface area contributed by atoms with Gasteiger partial charge in [0.05, 0.1) is 11.6 Å². The number of anilines is 1. The number of nitrogen functional groups attached to an aromatic ring is 1. The summed E-state index contributed by atoms with van der Waals surface area (Å²) in [6.45, 7) is 4.21. The van der Waals surface area contributed by atoms with Gasteiger partial charge < -0.3 is 11.1 Å². The van der Waals surface area contributed by atoms with Gasteiger partial charge in [0.2, 0.25) is 0 Å². The molecule has 0 aliphatic carbocycles. The van der Waals surface area contributed by atoms with Crippen LogP contribution in [0.1, 0.15) is 40.9 Å². The summed E-state index contributed by atoms with van der Waals surface area (Å²) in [6.07, 6.45) is 2.48. The number of nitrogens with two attached hydrogens (primary N) is 1. The van der Waals surface area contributed by atoms with Crippen LogP contribution in [-0.2, 0) is 6.42 Å². The molecule has 0 radical (unpaired) electrons. The van der Waals surface area contributed by atoms with Crippen molar-refractivity contribution in [2.45, 2.75) is 25.8 Å². The smallest absolute Gasteiger partial charge is 0.187 e. The predicted octanol–water partition coefficient (Wildman–Crippen LogP) is 3.29. The monoisotopic (exact) mass is 317 g/mol. The number of hydrogen-bond donors (Lipinski definition) is 2. The Morgan fingerprint density at radius 3 is 2.62 bits per heavy atom. The van der Waals surface area contributed by atoms with Gasteiger partial charge in [0.1, 0.15) is 0 Å². The standard InChI is InChI=1S/C20H19N3O/c1-20(2)11-15-7-8-16(22)9-17(15)18(23-20)10-19(24)14-5-3-13(12-21)4-6-14/h3-10,23H,11,22H2,1-2H3. The highest BCUT2D eigenvalue weighted by molar-refractivity contribution is 6.08. The van der Waals surface area contributed by atoms with Crippen molar-refractivity contribution in [3.05, 3.63) is 70.8 Å². The quantitative estimate of drug-likeness (QED) is 0.506. The molecule has 3 rings (SSSR count). The Morgan fingerprint density at radius 1 is 1.25 bits per heavy atom. The molecule has 0 atom stereocenters. The SMILES string of the molecule is CC1(C)Cc2ccc(N)cc2C(=CC(=O)c2ccc(C#N)cc2)N1. The fraction of sp³-hybridized carbons (Fsp3) is 0.200. The fourth-order valence-electron chi connectivity index (χ4n) is 2.99. The van der Waals surface area contributed by atoms with Gasteiger partial charge in [-0.05, 0) is 62.2 Å². The molecule has 3 N–H and O–H groups in total. The summed E-state index contributed by atoms with van der Waals surface area (Å²) in [5.41, 5.74) is 10.5. The fourth-order valence-corrected chi connectivity index (χ4v) is 2.99. The summed E-state index contributed by atoms with van der Waals surface area (Å²) in [4.78, 5) is 12.6. The molecule has 2 aromatic carbocycles. The number of hydrogen-bond acceptors (Lipinski definition) is 4. The zero-order valence-electron chi connectivity index (χ0n) is 13.8. The normalized spacial score (nSPS) is 16.8. The molecule has 24 heavy (non-hydrogen) atoms. The van der Waals surface area contributed by atoms with Gasteiger partial charge in [-0.15, -0.1) is 0 Å². The number of rotatable bonds is 2. The van der Waals surface area contributed by atoms with Crippen LogP contribution in [0.3, 0.4) is 0 Å². The van der Waals surface area contributed by atoms with E-state index in [1.807, 2.05) is 18.2 Å². The number of nitrogens with zero attached hydrogens (tertiary/aromatic N) is 1. The molecule has 0 amide bonds. The maximum absolute atomic E-state index is 12.6. The van der Waals surface area contributed by atoms with Crippen molar-refractivity contribution >= 4 is 17.2 Å². The third kappa shape index (κ3) is 3.16. The second-order valence-corrected chi connectivity index (χ2v) is 6.71. The van der Waals surface area contributed by atoms with E-state index in [0.717, 1.165) is 17.7 Å². The minimum absolute atomic E-state index is 0.104. The van der Waals surface area contributed by atoms with Crippen LogP contribution >= 0.6 is 0 Å². The summed E-state index contributed by atoms with van der Waals surface area (Å²) in [6, 6.07) is 14.5. The first-order chi connectivity index (χ1) is 11.4. The van der Waals surface area contributed by atoms with E-state index in [9.17, 15) is 4.79 Å². The second-order valence-electron chi connectivity index (χ2n) is 6.71. The number of nitriles is 1. The van der Waals surface area contributed by atoms with Gasteiger partial charge in [0, 0.05) is 34.1 Å². The maximum atomic E-state index is 12.6. The average molecular weight is 317 g/mol. The van der Waals surface area contributed by atoms with Crippen molar-refractivity contribution in [1.82, 2.24) is 5.32 Å². The number of benzene rings is 2. The second kappa shape index (κ2) is 5.86. The van der Waals surface area contributed by atoms with Gasteiger partial charge >= 0.3 is 0 Å². The summed E-state index contributed by atoms with van der Waals surface area (Å²) in [5, 5.41) is 12.3. The third-order valence-corrected chi connectivity index (χ3v) is 4.10. The Bertz CT molecular complexity index is 871. The zero-order chi connectivity index (χ0) is 17.3. The molecule has 1 heterocycles. The third-order valence-electron chi connectivity index (χ3n) is 4.10. The molecule has 0 spiro atoms. The van der Waals surface area contributed by atoms with E-state index in [2.05, 4.69) is 25.2 Å². The minimum Gasteiger partial charge on any atom is -0.399 e. The van der Waals surface area contributed by atoms with Crippen molar-refractivity contribution < 1.29 is 4.79 Å². The Balaban J connectivity index is 2.00. The van der Waals surface area contributed by atoms with Gasteiger partial charge in [-0.25, -0.2) is 0 Å². The lowest BCUT2D eigenvalue weighted by molar-refractivity contribution is 0.104. The molecule has 0 unspecified atom stereocenters. The topological polar surface area (TPSA) is 78.9 Å². The van der Waals surface area contributed by atoms with E-state index in [4.69, 9.17) is 11.0 Å². The van der Waals surface area contributed by atoms with Gasteiger partial charge in [-0.2, -0.15) is 5.26 Å². The lowest BCUT2D eigenvalue weighted by Gasteiger charge is -2.35. The van der Waals surface area contributed by atoms with Gasteiger partial charge in [0.15, 0.2) is 5.78 Å². The van der Waals surface area contributed by atoms with Gasteiger partial charge in [0.25, 0.3) is 0 Å². The predicted molar refractivity (Wildman–Crippen MR) is 95.2 cm³/mol. The van der Waals surface area contributed by atoms with Gasteiger partial charge in [-0.3, -0.25) is 4.79 Å². The molecular weight excluding hydrogens is 298 g/mol. The number of nitrogens with one attached hydrogen (secondary N) is 1. The van der Waals surface area contributed by atoms with E-state index >= 15 is 0 Å². The molecule has 0 saturated heterocycles. The Hall–Kier alpha value is -3.06. The first-order valence-electron chi connectivity index (χ1n) is 7.81.